The van der Waals surface area contributed by atoms with Gasteiger partial charge in [-0.2, -0.15) is 0 Å². The summed E-state index contributed by atoms with van der Waals surface area (Å²) in [7, 11) is -3.51. The molecular formula is C4H8FNO4S. The number of hydrogen-bond donors (Lipinski definition) is 2. The minimum atomic E-state index is -3.51. The molecule has 0 spiro atoms. The average Bonchev–Trinajstić information content (AvgIpc) is 1.80. The van der Waals surface area contributed by atoms with Gasteiger partial charge in [-0.3, -0.25) is 0 Å². The summed E-state index contributed by atoms with van der Waals surface area (Å²) in [6, 6.07) is 0. The van der Waals surface area contributed by atoms with Gasteiger partial charge in [-0.25, -0.2) is 22.3 Å². The fraction of sp³-hybridized carbons (Fsp3) is 0.750. The first kappa shape index (κ1) is 10.3. The number of carboxylic acid groups (broad SMARTS) is 1. The van der Waals surface area contributed by atoms with Crippen molar-refractivity contribution in [1.82, 2.24) is 4.72 Å². The highest BCUT2D eigenvalue weighted by molar-refractivity contribution is 7.88. The van der Waals surface area contributed by atoms with Gasteiger partial charge in [0.1, 0.15) is 0 Å². The Hall–Kier alpha value is -0.690. The second-order valence-electron chi connectivity index (χ2n) is 1.93. The van der Waals surface area contributed by atoms with E-state index in [4.69, 9.17) is 5.11 Å². The Morgan fingerprint density at radius 3 is 2.45 bits per heavy atom. The molecule has 0 saturated heterocycles. The van der Waals surface area contributed by atoms with Gasteiger partial charge >= 0.3 is 5.97 Å². The second kappa shape index (κ2) is 3.63. The maximum absolute atomic E-state index is 12.1. The summed E-state index contributed by atoms with van der Waals surface area (Å²) in [5.74, 6) is -1.68. The monoisotopic (exact) mass is 185 g/mol. The van der Waals surface area contributed by atoms with Crippen LogP contribution < -0.4 is 4.72 Å². The maximum Gasteiger partial charge on any atom is 0.339 e. The summed E-state index contributed by atoms with van der Waals surface area (Å²) in [4.78, 5) is 9.81. The Bertz CT molecular complexity index is 236. The van der Waals surface area contributed by atoms with E-state index in [2.05, 4.69) is 0 Å². The van der Waals surface area contributed by atoms with E-state index in [9.17, 15) is 17.6 Å². The van der Waals surface area contributed by atoms with Crippen LogP contribution in [0.1, 0.15) is 0 Å². The van der Waals surface area contributed by atoms with Gasteiger partial charge in [-0.05, 0) is 0 Å². The number of rotatable bonds is 4. The van der Waals surface area contributed by atoms with Gasteiger partial charge in [-0.1, -0.05) is 0 Å². The van der Waals surface area contributed by atoms with Crippen molar-refractivity contribution in [1.29, 1.82) is 0 Å². The molecule has 66 valence electrons. The summed E-state index contributed by atoms with van der Waals surface area (Å²) >= 11 is 0. The molecule has 1 atom stereocenters. The SMILES string of the molecule is CS(=O)(=O)NCC(F)C(=O)O. The van der Waals surface area contributed by atoms with Crippen molar-refractivity contribution in [2.45, 2.75) is 6.17 Å². The van der Waals surface area contributed by atoms with E-state index in [1.54, 1.807) is 4.72 Å². The summed E-state index contributed by atoms with van der Waals surface area (Å²) in [6.07, 6.45) is -1.37. The number of hydrogen-bond acceptors (Lipinski definition) is 3. The van der Waals surface area contributed by atoms with Gasteiger partial charge < -0.3 is 5.11 Å². The first-order chi connectivity index (χ1) is 4.83. The zero-order valence-electron chi connectivity index (χ0n) is 5.74. The van der Waals surface area contributed by atoms with Crippen molar-refractivity contribution < 1.29 is 22.7 Å². The molecule has 0 aromatic carbocycles. The number of alkyl halides is 1. The van der Waals surface area contributed by atoms with Gasteiger partial charge in [0.15, 0.2) is 0 Å². The zero-order valence-corrected chi connectivity index (χ0v) is 6.56. The quantitative estimate of drug-likeness (QED) is 0.586. The van der Waals surface area contributed by atoms with Crippen molar-refractivity contribution >= 4 is 16.0 Å². The molecule has 7 heteroatoms. The number of nitrogens with one attached hydrogen (secondary N) is 1. The molecule has 11 heavy (non-hydrogen) atoms. The molecule has 0 aromatic heterocycles. The molecule has 0 aliphatic rings. The molecule has 0 aliphatic carbocycles. The lowest BCUT2D eigenvalue weighted by Crippen LogP contribution is -2.33. The standard InChI is InChI=1S/C4H8FNO4S/c1-11(9,10)6-2-3(5)4(7)8/h3,6H,2H2,1H3,(H,7,8). The van der Waals surface area contributed by atoms with Crippen LogP contribution in [0.15, 0.2) is 0 Å². The highest BCUT2D eigenvalue weighted by atomic mass is 32.2. The lowest BCUT2D eigenvalue weighted by molar-refractivity contribution is -0.142. The van der Waals surface area contributed by atoms with Gasteiger partial charge in [0.2, 0.25) is 16.2 Å². The minimum Gasteiger partial charge on any atom is -0.479 e. The summed E-state index contributed by atoms with van der Waals surface area (Å²) < 4.78 is 34.4. The first-order valence-corrected chi connectivity index (χ1v) is 4.53. The van der Waals surface area contributed by atoms with E-state index < -0.39 is 28.7 Å². The number of aliphatic carboxylic acids is 1. The minimum absolute atomic E-state index is 0.728. The van der Waals surface area contributed by atoms with E-state index >= 15 is 0 Å². The molecule has 0 rings (SSSR count). The van der Waals surface area contributed by atoms with Crippen molar-refractivity contribution in [3.63, 3.8) is 0 Å². The Kier molecular flexibility index (Phi) is 3.40. The van der Waals surface area contributed by atoms with Crippen molar-refractivity contribution in [2.24, 2.45) is 0 Å². The van der Waals surface area contributed by atoms with E-state index in [1.165, 1.54) is 0 Å². The molecule has 0 fully saturated rings. The normalized spacial score (nSPS) is 14.4. The third kappa shape index (κ3) is 5.74. The number of carboxylic acids is 1. The van der Waals surface area contributed by atoms with Crippen LogP contribution in [0.4, 0.5) is 4.39 Å². The number of carbonyl (C=O) groups is 1. The molecule has 1 unspecified atom stereocenters. The van der Waals surface area contributed by atoms with Crippen LogP contribution in [-0.4, -0.2) is 38.5 Å². The Balaban J connectivity index is 3.82. The molecule has 0 aromatic rings. The predicted molar refractivity (Wildman–Crippen MR) is 35.4 cm³/mol. The molecular weight excluding hydrogens is 177 g/mol. The number of sulfonamides is 1. The van der Waals surface area contributed by atoms with E-state index in [0.717, 1.165) is 6.26 Å². The highest BCUT2D eigenvalue weighted by Gasteiger charge is 2.16. The summed E-state index contributed by atoms with van der Waals surface area (Å²) in [5.41, 5.74) is 0. The highest BCUT2D eigenvalue weighted by Crippen LogP contribution is 1.88. The van der Waals surface area contributed by atoms with E-state index in [0.29, 0.717) is 0 Å². The molecule has 2 N–H and O–H groups in total. The smallest absolute Gasteiger partial charge is 0.339 e. The van der Waals surface area contributed by atoms with Crippen LogP contribution in [-0.2, 0) is 14.8 Å². The number of halogens is 1. The first-order valence-electron chi connectivity index (χ1n) is 2.64. The fourth-order valence-corrected chi connectivity index (χ4v) is 0.761. The van der Waals surface area contributed by atoms with Crippen LogP contribution in [0, 0.1) is 0 Å². The molecule has 0 heterocycles. The Morgan fingerprint density at radius 1 is 1.73 bits per heavy atom. The molecule has 0 saturated carbocycles. The van der Waals surface area contributed by atoms with Crippen molar-refractivity contribution in [3.05, 3.63) is 0 Å². The van der Waals surface area contributed by atoms with E-state index in [-0.39, 0.29) is 0 Å². The van der Waals surface area contributed by atoms with Crippen LogP contribution in [0.25, 0.3) is 0 Å². The third-order valence-corrected chi connectivity index (χ3v) is 1.48. The van der Waals surface area contributed by atoms with Crippen LogP contribution in [0.5, 0.6) is 0 Å². The van der Waals surface area contributed by atoms with Crippen LogP contribution in [0.3, 0.4) is 0 Å². The van der Waals surface area contributed by atoms with Crippen molar-refractivity contribution in [3.8, 4) is 0 Å². The lowest BCUT2D eigenvalue weighted by Gasteiger charge is -2.02. The summed E-state index contributed by atoms with van der Waals surface area (Å²) in [6.45, 7) is -0.728. The maximum atomic E-state index is 12.1. The van der Waals surface area contributed by atoms with Gasteiger partial charge in [0.25, 0.3) is 0 Å². The van der Waals surface area contributed by atoms with Crippen molar-refractivity contribution in [2.75, 3.05) is 12.8 Å². The van der Waals surface area contributed by atoms with E-state index in [1.807, 2.05) is 0 Å². The Morgan fingerprint density at radius 2 is 2.18 bits per heavy atom. The summed E-state index contributed by atoms with van der Waals surface area (Å²) in [5, 5.41) is 7.97. The predicted octanol–water partition coefficient (Wildman–Crippen LogP) is -1.04. The van der Waals surface area contributed by atoms with Gasteiger partial charge in [-0.15, -0.1) is 0 Å². The lowest BCUT2D eigenvalue weighted by atomic mass is 10.4. The molecule has 0 radical (unpaired) electrons. The molecule has 0 aliphatic heterocycles. The fourth-order valence-electron chi connectivity index (χ4n) is 0.312. The Labute approximate surface area is 63.3 Å². The molecule has 0 bridgehead atoms. The molecule has 0 amide bonds. The topological polar surface area (TPSA) is 83.5 Å². The second-order valence-corrected chi connectivity index (χ2v) is 3.76. The van der Waals surface area contributed by atoms with Gasteiger partial charge in [0.05, 0.1) is 12.8 Å². The zero-order chi connectivity index (χ0) is 9.07. The molecule has 5 nitrogen and oxygen atoms in total. The largest absolute Gasteiger partial charge is 0.479 e. The van der Waals surface area contributed by atoms with Crippen LogP contribution in [0.2, 0.25) is 0 Å². The third-order valence-electron chi connectivity index (χ3n) is 0.793. The average molecular weight is 185 g/mol. The van der Waals surface area contributed by atoms with Crippen LogP contribution >= 0.6 is 0 Å². The van der Waals surface area contributed by atoms with Gasteiger partial charge in [0, 0.05) is 0 Å².